The third kappa shape index (κ3) is 2.97. The van der Waals surface area contributed by atoms with Crippen molar-refractivity contribution in [2.75, 3.05) is 13.1 Å². The van der Waals surface area contributed by atoms with Crippen LogP contribution < -0.4 is 15.2 Å². The number of aliphatic hydroxyl groups excluding tert-OH is 1. The predicted octanol–water partition coefficient (Wildman–Crippen LogP) is 0.471. The van der Waals surface area contributed by atoms with E-state index in [-0.39, 0.29) is 11.5 Å². The molecule has 0 saturated carbocycles. The number of rotatable bonds is 4. The zero-order chi connectivity index (χ0) is 15.9. The number of aliphatic hydroxyl groups is 1. The molecule has 0 unspecified atom stereocenters. The third-order valence-corrected chi connectivity index (χ3v) is 3.86. The molecule has 0 aromatic heterocycles. The summed E-state index contributed by atoms with van der Waals surface area (Å²) in [5.74, 6) is -0.474. The van der Waals surface area contributed by atoms with Crippen molar-refractivity contribution in [1.29, 1.82) is 0 Å². The van der Waals surface area contributed by atoms with Gasteiger partial charge in [0.25, 0.3) is 0 Å². The van der Waals surface area contributed by atoms with Gasteiger partial charge in [0.2, 0.25) is 5.91 Å². The highest BCUT2D eigenvalue weighted by molar-refractivity contribution is 5.80. The summed E-state index contributed by atoms with van der Waals surface area (Å²) in [7, 11) is 0. The molecule has 2 aliphatic heterocycles. The van der Waals surface area contributed by atoms with Crippen LogP contribution in [0.5, 0.6) is 11.5 Å². The van der Waals surface area contributed by atoms with Crippen molar-refractivity contribution in [3.63, 3.8) is 0 Å². The molecule has 1 aromatic rings. The SMILES string of the molecule is NC(=O)[C@@H]1C[C@@H](O)CN1CCc1ccc2c(c1)OC(F)(F)O2. The van der Waals surface area contributed by atoms with Crippen LogP contribution in [0, 0.1) is 0 Å². The van der Waals surface area contributed by atoms with Crippen LogP contribution in [0.2, 0.25) is 0 Å². The molecule has 2 heterocycles. The number of benzene rings is 1. The van der Waals surface area contributed by atoms with Crippen molar-refractivity contribution in [1.82, 2.24) is 4.90 Å². The van der Waals surface area contributed by atoms with Gasteiger partial charge in [-0.25, -0.2) is 0 Å². The van der Waals surface area contributed by atoms with Crippen molar-refractivity contribution in [3.05, 3.63) is 23.8 Å². The van der Waals surface area contributed by atoms with Gasteiger partial charge in [-0.1, -0.05) is 6.07 Å². The zero-order valence-electron chi connectivity index (χ0n) is 11.7. The van der Waals surface area contributed by atoms with Crippen LogP contribution in [0.1, 0.15) is 12.0 Å². The number of carbonyl (C=O) groups excluding carboxylic acids is 1. The Labute approximate surface area is 125 Å². The smallest absolute Gasteiger partial charge is 0.395 e. The maximum atomic E-state index is 13.0. The number of hydrogen-bond donors (Lipinski definition) is 2. The highest BCUT2D eigenvalue weighted by Crippen LogP contribution is 2.41. The monoisotopic (exact) mass is 314 g/mol. The minimum absolute atomic E-state index is 0.000331. The average Bonchev–Trinajstić information content (AvgIpc) is 2.93. The molecule has 0 spiro atoms. The molecular weight excluding hydrogens is 298 g/mol. The summed E-state index contributed by atoms with van der Waals surface area (Å²) in [4.78, 5) is 13.1. The molecule has 22 heavy (non-hydrogen) atoms. The van der Waals surface area contributed by atoms with E-state index in [1.807, 2.05) is 0 Å². The van der Waals surface area contributed by atoms with E-state index >= 15 is 0 Å². The topological polar surface area (TPSA) is 85.0 Å². The van der Waals surface area contributed by atoms with Gasteiger partial charge in [-0.05, 0) is 30.5 Å². The van der Waals surface area contributed by atoms with Crippen LogP contribution >= 0.6 is 0 Å². The maximum absolute atomic E-state index is 13.0. The summed E-state index contributed by atoms with van der Waals surface area (Å²) in [6.07, 6.45) is -3.37. The summed E-state index contributed by atoms with van der Waals surface area (Å²) >= 11 is 0. The van der Waals surface area contributed by atoms with E-state index in [2.05, 4.69) is 9.47 Å². The van der Waals surface area contributed by atoms with Crippen molar-refractivity contribution >= 4 is 5.91 Å². The Balaban J connectivity index is 1.64. The highest BCUT2D eigenvalue weighted by Gasteiger charge is 2.43. The average molecular weight is 314 g/mol. The van der Waals surface area contributed by atoms with Crippen LogP contribution in [-0.4, -0.2) is 47.4 Å². The fourth-order valence-electron chi connectivity index (χ4n) is 2.84. The van der Waals surface area contributed by atoms with Gasteiger partial charge < -0.3 is 20.3 Å². The Morgan fingerprint density at radius 3 is 2.86 bits per heavy atom. The fraction of sp³-hybridized carbons (Fsp3) is 0.500. The minimum atomic E-state index is -3.63. The Bertz CT molecular complexity index is 596. The second-order valence-electron chi connectivity index (χ2n) is 5.50. The molecule has 3 N–H and O–H groups in total. The van der Waals surface area contributed by atoms with Crippen LogP contribution in [0.15, 0.2) is 18.2 Å². The molecule has 0 aliphatic carbocycles. The Kier molecular flexibility index (Phi) is 3.65. The maximum Gasteiger partial charge on any atom is 0.586 e. The first-order valence-electron chi connectivity index (χ1n) is 6.94. The Morgan fingerprint density at radius 2 is 2.14 bits per heavy atom. The van der Waals surface area contributed by atoms with E-state index in [1.54, 1.807) is 11.0 Å². The normalized spacial score (nSPS) is 26.3. The molecule has 1 aromatic carbocycles. The molecule has 2 atom stereocenters. The summed E-state index contributed by atoms with van der Waals surface area (Å²) < 4.78 is 34.6. The number of amides is 1. The van der Waals surface area contributed by atoms with Gasteiger partial charge in [-0.15, -0.1) is 8.78 Å². The molecule has 3 rings (SSSR count). The van der Waals surface area contributed by atoms with Crippen molar-refractivity contribution in [3.8, 4) is 11.5 Å². The number of halogens is 2. The van der Waals surface area contributed by atoms with Crippen LogP contribution in [0.25, 0.3) is 0 Å². The Hall–Kier alpha value is -1.93. The van der Waals surface area contributed by atoms with Crippen molar-refractivity contribution in [2.24, 2.45) is 5.73 Å². The summed E-state index contributed by atoms with van der Waals surface area (Å²) in [6.45, 7) is 0.858. The van der Waals surface area contributed by atoms with E-state index in [0.717, 1.165) is 5.56 Å². The molecule has 8 heteroatoms. The number of fused-ring (bicyclic) bond motifs is 1. The number of hydrogen-bond acceptors (Lipinski definition) is 5. The van der Waals surface area contributed by atoms with Crippen molar-refractivity contribution in [2.45, 2.75) is 31.3 Å². The molecule has 1 fully saturated rings. The van der Waals surface area contributed by atoms with E-state index in [4.69, 9.17) is 5.73 Å². The fourth-order valence-corrected chi connectivity index (χ4v) is 2.84. The summed E-state index contributed by atoms with van der Waals surface area (Å²) in [5.41, 5.74) is 6.08. The number of ether oxygens (including phenoxy) is 2. The number of β-amino-alcohol motifs (C(OH)–C–C–N with tert-alkyl or cyclic N) is 1. The number of carbonyl (C=O) groups is 1. The van der Waals surface area contributed by atoms with Gasteiger partial charge in [0, 0.05) is 13.1 Å². The van der Waals surface area contributed by atoms with Crippen LogP contribution in [0.3, 0.4) is 0 Å². The second-order valence-corrected chi connectivity index (χ2v) is 5.50. The van der Waals surface area contributed by atoms with E-state index < -0.39 is 24.3 Å². The van der Waals surface area contributed by atoms with Crippen LogP contribution in [0.4, 0.5) is 8.78 Å². The molecule has 0 radical (unpaired) electrons. The summed E-state index contributed by atoms with van der Waals surface area (Å²) in [6, 6.07) is 4.08. The quantitative estimate of drug-likeness (QED) is 0.844. The predicted molar refractivity (Wildman–Crippen MR) is 71.5 cm³/mol. The first-order valence-corrected chi connectivity index (χ1v) is 6.94. The van der Waals surface area contributed by atoms with Gasteiger partial charge in [0.15, 0.2) is 11.5 Å². The first-order chi connectivity index (χ1) is 10.3. The van der Waals surface area contributed by atoms with Gasteiger partial charge in [0.1, 0.15) is 0 Å². The highest BCUT2D eigenvalue weighted by atomic mass is 19.3. The molecule has 6 nitrogen and oxygen atoms in total. The summed E-state index contributed by atoms with van der Waals surface area (Å²) in [5, 5.41) is 9.63. The lowest BCUT2D eigenvalue weighted by molar-refractivity contribution is -0.286. The molecule has 2 aliphatic rings. The molecule has 1 saturated heterocycles. The molecular formula is C14H16F2N2O4. The molecule has 120 valence electrons. The lowest BCUT2D eigenvalue weighted by Crippen LogP contribution is -2.41. The van der Waals surface area contributed by atoms with E-state index in [1.165, 1.54) is 12.1 Å². The number of nitrogens with zero attached hydrogens (tertiary/aromatic N) is 1. The molecule has 0 bridgehead atoms. The first kappa shape index (κ1) is 15.0. The number of nitrogens with two attached hydrogens (primary N) is 1. The number of alkyl halides is 2. The van der Waals surface area contributed by atoms with E-state index in [0.29, 0.717) is 25.9 Å². The lowest BCUT2D eigenvalue weighted by atomic mass is 10.1. The zero-order valence-corrected chi connectivity index (χ0v) is 11.7. The molecule has 1 amide bonds. The standard InChI is InChI=1S/C14H16F2N2O4/c15-14(16)21-11-2-1-8(5-12(11)22-14)3-4-18-7-9(19)6-10(18)13(17)20/h1-2,5,9-10,19H,3-4,6-7H2,(H2,17,20)/t9-,10+/m1/s1. The van der Waals surface area contributed by atoms with Gasteiger partial charge in [0.05, 0.1) is 12.1 Å². The lowest BCUT2D eigenvalue weighted by Gasteiger charge is -2.21. The number of primary amides is 1. The second kappa shape index (κ2) is 5.36. The van der Waals surface area contributed by atoms with Crippen molar-refractivity contribution < 1.29 is 28.2 Å². The Morgan fingerprint density at radius 1 is 1.41 bits per heavy atom. The van der Waals surface area contributed by atoms with Crippen LogP contribution in [-0.2, 0) is 11.2 Å². The third-order valence-electron chi connectivity index (χ3n) is 3.86. The van der Waals surface area contributed by atoms with E-state index in [9.17, 15) is 18.7 Å². The van der Waals surface area contributed by atoms with Gasteiger partial charge in [-0.2, -0.15) is 0 Å². The minimum Gasteiger partial charge on any atom is -0.395 e. The van der Waals surface area contributed by atoms with Gasteiger partial charge in [-0.3, -0.25) is 9.69 Å². The van der Waals surface area contributed by atoms with Gasteiger partial charge >= 0.3 is 6.29 Å². The largest absolute Gasteiger partial charge is 0.586 e. The number of likely N-dealkylation sites (tertiary alicyclic amines) is 1.